The molecule has 0 atom stereocenters. The maximum atomic E-state index is 12.4. The van der Waals surface area contributed by atoms with E-state index in [1.165, 1.54) is 24.4 Å². The molecule has 0 radical (unpaired) electrons. The van der Waals surface area contributed by atoms with Gasteiger partial charge in [-0.25, -0.2) is 4.98 Å². The molecule has 0 fully saturated rings. The Hall–Kier alpha value is -1.06. The highest BCUT2D eigenvalue weighted by Gasteiger charge is 2.22. The van der Waals surface area contributed by atoms with Crippen LogP contribution in [0, 0.1) is 0 Å². The highest BCUT2D eigenvalue weighted by atomic mass is 79.9. The molecule has 21 heavy (non-hydrogen) atoms. The summed E-state index contributed by atoms with van der Waals surface area (Å²) in [4.78, 5) is 3.81. The van der Waals surface area contributed by atoms with E-state index in [4.69, 9.17) is 29.0 Å². The molecule has 0 unspecified atom stereocenters. The smallest absolute Gasteiger partial charge is 0.281 e. The zero-order valence-corrected chi connectivity index (χ0v) is 14.2. The Balaban J connectivity index is 2.48. The second-order valence-corrected chi connectivity index (χ2v) is 7.18. The predicted octanol–water partition coefficient (Wildman–Crippen LogP) is 3.24. The van der Waals surface area contributed by atoms with Gasteiger partial charge in [0.25, 0.3) is 10.0 Å². The molecule has 0 saturated heterocycles. The highest BCUT2D eigenvalue weighted by Crippen LogP contribution is 2.35. The Bertz CT molecular complexity index is 763. The van der Waals surface area contributed by atoms with Crippen LogP contribution in [0.15, 0.2) is 40.0 Å². The average molecular weight is 412 g/mol. The Morgan fingerprint density at radius 1 is 1.24 bits per heavy atom. The van der Waals surface area contributed by atoms with Crippen LogP contribution in [0.3, 0.4) is 0 Å². The minimum atomic E-state index is -4.00. The molecule has 0 amide bonds. The van der Waals surface area contributed by atoms with Gasteiger partial charge in [0.1, 0.15) is 0 Å². The van der Waals surface area contributed by atoms with Crippen molar-refractivity contribution in [3.8, 4) is 0 Å². The number of nitrogens with zero attached hydrogens (tertiary/aromatic N) is 1. The summed E-state index contributed by atoms with van der Waals surface area (Å²) in [7, 11) is -4.00. The lowest BCUT2D eigenvalue weighted by Gasteiger charge is -2.13. The van der Waals surface area contributed by atoms with Gasteiger partial charge in [0.15, 0.2) is 0 Å². The van der Waals surface area contributed by atoms with Gasteiger partial charge >= 0.3 is 0 Å². The summed E-state index contributed by atoms with van der Waals surface area (Å²) in [5.41, 5.74) is 2.48. The first-order chi connectivity index (χ1) is 9.85. The monoisotopic (exact) mass is 410 g/mol. The summed E-state index contributed by atoms with van der Waals surface area (Å²) in [6.07, 6.45) is 1.33. The maximum absolute atomic E-state index is 12.4. The van der Waals surface area contributed by atoms with Crippen molar-refractivity contribution in [3.63, 3.8) is 0 Å². The lowest BCUT2D eigenvalue weighted by atomic mass is 10.3. The molecule has 4 N–H and O–H groups in total. The molecule has 2 rings (SSSR count). The molecule has 0 spiro atoms. The van der Waals surface area contributed by atoms with Crippen LogP contribution in [-0.2, 0) is 10.0 Å². The number of rotatable bonds is 4. The summed E-state index contributed by atoms with van der Waals surface area (Å²) in [5.74, 6) is 5.28. The van der Waals surface area contributed by atoms with E-state index in [9.17, 15) is 8.42 Å². The molecule has 0 bridgehead atoms. The maximum Gasteiger partial charge on any atom is 0.281 e. The Morgan fingerprint density at radius 3 is 2.43 bits per heavy atom. The van der Waals surface area contributed by atoms with Crippen molar-refractivity contribution in [2.75, 3.05) is 10.1 Å². The van der Waals surface area contributed by atoms with Crippen LogP contribution in [0.1, 0.15) is 0 Å². The van der Waals surface area contributed by atoms with Gasteiger partial charge in [0.2, 0.25) is 5.03 Å². The number of halogens is 3. The molecule has 6 nitrogen and oxygen atoms in total. The summed E-state index contributed by atoms with van der Waals surface area (Å²) in [6, 6.07) is 6.07. The third kappa shape index (κ3) is 3.58. The molecule has 1 heterocycles. The number of pyridine rings is 1. The van der Waals surface area contributed by atoms with E-state index >= 15 is 0 Å². The van der Waals surface area contributed by atoms with Crippen LogP contribution >= 0.6 is 39.1 Å². The van der Waals surface area contributed by atoms with Crippen LogP contribution in [0.4, 0.5) is 11.4 Å². The van der Waals surface area contributed by atoms with Gasteiger partial charge in [0.05, 0.1) is 21.4 Å². The topological polar surface area (TPSA) is 97.1 Å². The van der Waals surface area contributed by atoms with E-state index in [-0.39, 0.29) is 26.4 Å². The first-order valence-electron chi connectivity index (χ1n) is 5.44. The largest absolute Gasteiger partial charge is 0.321 e. The van der Waals surface area contributed by atoms with E-state index in [1.807, 2.05) is 0 Å². The Labute approximate surface area is 139 Å². The molecule has 0 aliphatic carbocycles. The lowest BCUT2D eigenvalue weighted by Crippen LogP contribution is -2.19. The first-order valence-corrected chi connectivity index (χ1v) is 8.47. The number of nitrogens with one attached hydrogen (secondary N) is 2. The van der Waals surface area contributed by atoms with Crippen LogP contribution < -0.4 is 16.0 Å². The highest BCUT2D eigenvalue weighted by molar-refractivity contribution is 9.10. The van der Waals surface area contributed by atoms with Crippen LogP contribution in [0.2, 0.25) is 10.0 Å². The van der Waals surface area contributed by atoms with Crippen LogP contribution in [0.5, 0.6) is 0 Å². The molecule has 0 aliphatic rings. The summed E-state index contributed by atoms with van der Waals surface area (Å²) in [5, 5.41) is 0.0369. The van der Waals surface area contributed by atoms with Crippen molar-refractivity contribution < 1.29 is 8.42 Å². The van der Waals surface area contributed by atoms with Gasteiger partial charge in [-0.05, 0) is 24.3 Å². The molecular weight excluding hydrogens is 403 g/mol. The summed E-state index contributed by atoms with van der Waals surface area (Å²) >= 11 is 15.2. The molecule has 1 aromatic carbocycles. The Morgan fingerprint density at radius 2 is 1.86 bits per heavy atom. The fraction of sp³-hybridized carbons (Fsp3) is 0. The molecule has 1 aromatic heterocycles. The van der Waals surface area contributed by atoms with Crippen molar-refractivity contribution in [3.05, 3.63) is 45.0 Å². The number of aromatic nitrogens is 1. The minimum Gasteiger partial charge on any atom is -0.321 e. The fourth-order valence-corrected chi connectivity index (χ4v) is 4.15. The van der Waals surface area contributed by atoms with Crippen molar-refractivity contribution in [1.82, 2.24) is 4.98 Å². The normalized spacial score (nSPS) is 11.2. The third-order valence-corrected chi connectivity index (χ3v) is 4.79. The van der Waals surface area contributed by atoms with Crippen molar-refractivity contribution in [2.24, 2.45) is 5.84 Å². The number of hydrazine groups is 1. The van der Waals surface area contributed by atoms with Gasteiger partial charge in [-0.15, -0.1) is 0 Å². The van der Waals surface area contributed by atoms with Crippen molar-refractivity contribution in [2.45, 2.75) is 5.03 Å². The van der Waals surface area contributed by atoms with Gasteiger partial charge < -0.3 is 5.43 Å². The van der Waals surface area contributed by atoms with Gasteiger partial charge in [-0.3, -0.25) is 10.6 Å². The van der Waals surface area contributed by atoms with Gasteiger partial charge in [0, 0.05) is 10.7 Å². The minimum absolute atomic E-state index is 0.0650. The van der Waals surface area contributed by atoms with Crippen molar-refractivity contribution >= 4 is 60.5 Å². The number of nitrogens with two attached hydrogens (primary N) is 1. The molecule has 2 aromatic rings. The van der Waals surface area contributed by atoms with Gasteiger partial charge in [-0.2, -0.15) is 8.42 Å². The lowest BCUT2D eigenvalue weighted by molar-refractivity contribution is 0.598. The Kier molecular flexibility index (Phi) is 4.95. The van der Waals surface area contributed by atoms with E-state index in [0.29, 0.717) is 4.47 Å². The number of nitrogen functional groups attached to an aromatic ring is 1. The number of hydrogen-bond acceptors (Lipinski definition) is 5. The number of sulfonamides is 1. The summed E-state index contributed by atoms with van der Waals surface area (Å²) < 4.78 is 27.7. The van der Waals surface area contributed by atoms with E-state index in [0.717, 1.165) is 0 Å². The first kappa shape index (κ1) is 16.3. The quantitative estimate of drug-likeness (QED) is 0.530. The van der Waals surface area contributed by atoms with E-state index in [1.54, 1.807) is 6.07 Å². The fourth-order valence-electron chi connectivity index (χ4n) is 1.54. The molecule has 0 saturated carbocycles. The molecule has 0 aliphatic heterocycles. The third-order valence-electron chi connectivity index (χ3n) is 2.42. The number of benzene rings is 1. The summed E-state index contributed by atoms with van der Waals surface area (Å²) in [6.45, 7) is 0. The second kappa shape index (κ2) is 6.37. The van der Waals surface area contributed by atoms with Gasteiger partial charge in [-0.1, -0.05) is 39.1 Å². The molecule has 10 heteroatoms. The zero-order valence-electron chi connectivity index (χ0n) is 10.3. The predicted molar refractivity (Wildman–Crippen MR) is 87.0 cm³/mol. The number of anilines is 2. The van der Waals surface area contributed by atoms with Crippen LogP contribution in [0.25, 0.3) is 0 Å². The number of hydrogen-bond donors (Lipinski definition) is 3. The SMILES string of the molecule is NNc1cccnc1S(=O)(=O)Nc1c(Cl)cc(Br)cc1Cl. The molecular formula is C11H9BrCl2N4O2S. The van der Waals surface area contributed by atoms with Crippen molar-refractivity contribution in [1.29, 1.82) is 0 Å². The van der Waals surface area contributed by atoms with E-state index in [2.05, 4.69) is 31.1 Å². The molecule has 112 valence electrons. The average Bonchev–Trinajstić information content (AvgIpc) is 2.43. The van der Waals surface area contributed by atoms with Crippen LogP contribution in [-0.4, -0.2) is 13.4 Å². The van der Waals surface area contributed by atoms with E-state index < -0.39 is 10.0 Å². The standard InChI is InChI=1S/C11H9BrCl2N4O2S/c12-6-4-7(13)10(8(14)5-6)18-21(19,20)11-9(17-15)2-1-3-16-11/h1-5,17-18H,15H2. The second-order valence-electron chi connectivity index (χ2n) is 3.85. The zero-order chi connectivity index (χ0) is 15.6.